The number of allylic oxidation sites excluding steroid dienone is 1. The maximum absolute atomic E-state index is 6.54. The number of rotatable bonds is 9. The minimum atomic E-state index is -1.81. The van der Waals surface area contributed by atoms with Crippen molar-refractivity contribution in [1.82, 2.24) is 4.98 Å². The van der Waals surface area contributed by atoms with Gasteiger partial charge in [-0.25, -0.2) is 4.98 Å². The van der Waals surface area contributed by atoms with Crippen LogP contribution in [-0.2, 0) is 4.43 Å². The van der Waals surface area contributed by atoms with Crippen LogP contribution >= 0.6 is 11.8 Å². The van der Waals surface area contributed by atoms with Gasteiger partial charge in [0.2, 0.25) is 0 Å². The van der Waals surface area contributed by atoms with Crippen LogP contribution in [0.5, 0.6) is 0 Å². The second-order valence-corrected chi connectivity index (χ2v) is 13.3. The van der Waals surface area contributed by atoms with Crippen LogP contribution in [0.3, 0.4) is 0 Å². The number of thioether (sulfide) groups is 1. The molecule has 4 heteroatoms. The summed E-state index contributed by atoms with van der Waals surface area (Å²) in [4.78, 5) is 4.43. The fourth-order valence-corrected chi connectivity index (χ4v) is 4.16. The zero-order valence-corrected chi connectivity index (χ0v) is 17.5. The standard InChI is InChI=1S/C19H33NOSSi/c1-7-8-9-10-11-15-18(21-23(5,6)19(2,3)4)22-17-14-12-13-16-20-17/h12-16H,7-11H2,1-6H3/b18-15-. The first-order valence-corrected chi connectivity index (χ1v) is 12.5. The molecule has 23 heavy (non-hydrogen) atoms. The van der Waals surface area contributed by atoms with Gasteiger partial charge < -0.3 is 4.43 Å². The van der Waals surface area contributed by atoms with Gasteiger partial charge in [-0.2, -0.15) is 0 Å². The molecule has 0 N–H and O–H groups in total. The minimum absolute atomic E-state index is 0.207. The molecule has 0 bridgehead atoms. The molecule has 0 unspecified atom stereocenters. The lowest BCUT2D eigenvalue weighted by Gasteiger charge is -2.37. The summed E-state index contributed by atoms with van der Waals surface area (Å²) in [6.07, 6.45) is 10.3. The molecule has 2 nitrogen and oxygen atoms in total. The van der Waals surface area contributed by atoms with Gasteiger partial charge in [0.15, 0.2) is 0 Å². The normalized spacial score (nSPS) is 13.2. The molecule has 0 aromatic carbocycles. The van der Waals surface area contributed by atoms with Crippen LogP contribution in [0.25, 0.3) is 0 Å². The van der Waals surface area contributed by atoms with Crippen molar-refractivity contribution in [2.45, 2.75) is 83.0 Å². The van der Waals surface area contributed by atoms with E-state index in [0.717, 1.165) is 16.5 Å². The lowest BCUT2D eigenvalue weighted by Crippen LogP contribution is -2.40. The molecular formula is C19H33NOSSi. The summed E-state index contributed by atoms with van der Waals surface area (Å²) in [6, 6.07) is 6.03. The van der Waals surface area contributed by atoms with E-state index in [1.807, 2.05) is 24.4 Å². The first-order valence-electron chi connectivity index (χ1n) is 8.74. The van der Waals surface area contributed by atoms with Gasteiger partial charge in [-0.3, -0.25) is 0 Å². The van der Waals surface area contributed by atoms with Crippen LogP contribution in [-0.4, -0.2) is 13.3 Å². The summed E-state index contributed by atoms with van der Waals surface area (Å²) in [5.41, 5.74) is 0. The second-order valence-electron chi connectivity index (χ2n) is 7.50. The van der Waals surface area contributed by atoms with Crippen molar-refractivity contribution in [3.63, 3.8) is 0 Å². The Morgan fingerprint density at radius 1 is 1.22 bits per heavy atom. The Morgan fingerprint density at radius 2 is 1.96 bits per heavy atom. The van der Waals surface area contributed by atoms with E-state index >= 15 is 0 Å². The molecule has 0 aliphatic heterocycles. The molecule has 0 aliphatic rings. The number of aromatic nitrogens is 1. The molecule has 130 valence electrons. The van der Waals surface area contributed by atoms with Crippen molar-refractivity contribution in [3.8, 4) is 0 Å². The highest BCUT2D eigenvalue weighted by atomic mass is 32.2. The lowest BCUT2D eigenvalue weighted by molar-refractivity contribution is 0.415. The molecule has 1 aromatic heterocycles. The Morgan fingerprint density at radius 3 is 2.52 bits per heavy atom. The Labute approximate surface area is 148 Å². The largest absolute Gasteiger partial charge is 0.539 e. The molecule has 0 spiro atoms. The molecule has 1 aromatic rings. The van der Waals surface area contributed by atoms with Gasteiger partial charge in [0.1, 0.15) is 10.1 Å². The quantitative estimate of drug-likeness (QED) is 0.207. The maximum atomic E-state index is 6.54. The maximum Gasteiger partial charge on any atom is 0.251 e. The van der Waals surface area contributed by atoms with Crippen LogP contribution in [0.15, 0.2) is 40.6 Å². The average molecular weight is 352 g/mol. The number of pyridine rings is 1. The molecule has 0 saturated carbocycles. The van der Waals surface area contributed by atoms with Gasteiger partial charge in [-0.15, -0.1) is 0 Å². The average Bonchev–Trinajstić information content (AvgIpc) is 2.46. The Hall–Kier alpha value is -0.743. The van der Waals surface area contributed by atoms with E-state index < -0.39 is 8.32 Å². The molecule has 1 heterocycles. The number of nitrogens with zero attached hydrogens (tertiary/aromatic N) is 1. The molecule has 0 atom stereocenters. The van der Waals surface area contributed by atoms with Crippen LogP contribution in [0.4, 0.5) is 0 Å². The fraction of sp³-hybridized carbons (Fsp3) is 0.632. The topological polar surface area (TPSA) is 22.1 Å². The van der Waals surface area contributed by atoms with E-state index in [1.165, 1.54) is 25.7 Å². The summed E-state index contributed by atoms with van der Waals surface area (Å²) in [7, 11) is -1.81. The van der Waals surface area contributed by atoms with E-state index in [2.05, 4.69) is 51.8 Å². The predicted octanol–water partition coefficient (Wildman–Crippen LogP) is 7.01. The van der Waals surface area contributed by atoms with Gasteiger partial charge in [-0.1, -0.05) is 53.0 Å². The summed E-state index contributed by atoms with van der Waals surface area (Å²) in [5, 5.41) is 2.25. The first kappa shape index (κ1) is 20.3. The van der Waals surface area contributed by atoms with Gasteiger partial charge in [0.25, 0.3) is 8.32 Å². The zero-order valence-electron chi connectivity index (χ0n) is 15.7. The monoisotopic (exact) mass is 351 g/mol. The number of hydrogen-bond acceptors (Lipinski definition) is 3. The molecule has 0 amide bonds. The first-order chi connectivity index (χ1) is 10.8. The van der Waals surface area contributed by atoms with Crippen molar-refractivity contribution >= 4 is 20.1 Å². The van der Waals surface area contributed by atoms with Crippen molar-refractivity contribution in [2.75, 3.05) is 0 Å². The third-order valence-corrected chi connectivity index (χ3v) is 9.77. The minimum Gasteiger partial charge on any atom is -0.539 e. The van der Waals surface area contributed by atoms with Crippen molar-refractivity contribution < 1.29 is 4.43 Å². The fourth-order valence-electron chi connectivity index (χ4n) is 1.81. The Kier molecular flexibility index (Phi) is 8.41. The molecule has 0 aliphatic carbocycles. The lowest BCUT2D eigenvalue weighted by atomic mass is 10.1. The zero-order chi connectivity index (χ0) is 17.3. The highest BCUT2D eigenvalue weighted by Gasteiger charge is 2.39. The SMILES string of the molecule is CCCCCC/C=C(/O[Si](C)(C)C(C)(C)C)Sc1ccccn1. The van der Waals surface area contributed by atoms with Crippen LogP contribution in [0, 0.1) is 0 Å². The van der Waals surface area contributed by atoms with Crippen molar-refractivity contribution in [2.24, 2.45) is 0 Å². The van der Waals surface area contributed by atoms with Crippen LogP contribution in [0.1, 0.15) is 59.8 Å². The summed E-state index contributed by atoms with van der Waals surface area (Å²) < 4.78 is 6.54. The molecular weight excluding hydrogens is 318 g/mol. The van der Waals surface area contributed by atoms with E-state index in [4.69, 9.17) is 4.43 Å². The van der Waals surface area contributed by atoms with Crippen LogP contribution in [0.2, 0.25) is 18.1 Å². The number of hydrogen-bond donors (Lipinski definition) is 0. The Bertz CT molecular complexity index is 480. The Balaban J connectivity index is 2.77. The molecule has 0 fully saturated rings. The summed E-state index contributed by atoms with van der Waals surface area (Å²) in [5.74, 6) is 0. The van der Waals surface area contributed by atoms with E-state index in [-0.39, 0.29) is 5.04 Å². The smallest absolute Gasteiger partial charge is 0.251 e. The van der Waals surface area contributed by atoms with Crippen molar-refractivity contribution in [1.29, 1.82) is 0 Å². The molecule has 1 rings (SSSR count). The number of unbranched alkanes of at least 4 members (excludes halogenated alkanes) is 4. The van der Waals surface area contributed by atoms with E-state index in [9.17, 15) is 0 Å². The summed E-state index contributed by atoms with van der Waals surface area (Å²) >= 11 is 1.66. The summed E-state index contributed by atoms with van der Waals surface area (Å²) in [6.45, 7) is 13.7. The van der Waals surface area contributed by atoms with Gasteiger partial charge in [0.05, 0.1) is 0 Å². The highest BCUT2D eigenvalue weighted by Crippen LogP contribution is 2.40. The second kappa shape index (κ2) is 9.53. The van der Waals surface area contributed by atoms with Gasteiger partial charge >= 0.3 is 0 Å². The van der Waals surface area contributed by atoms with Crippen LogP contribution < -0.4 is 0 Å². The van der Waals surface area contributed by atoms with Crippen molar-refractivity contribution in [3.05, 3.63) is 35.6 Å². The van der Waals surface area contributed by atoms with Gasteiger partial charge in [-0.05, 0) is 60.9 Å². The molecule has 0 radical (unpaired) electrons. The third kappa shape index (κ3) is 7.58. The van der Waals surface area contributed by atoms with Gasteiger partial charge in [0, 0.05) is 6.20 Å². The molecule has 0 saturated heterocycles. The third-order valence-electron chi connectivity index (χ3n) is 4.37. The highest BCUT2D eigenvalue weighted by molar-refractivity contribution is 8.02. The van der Waals surface area contributed by atoms with E-state index in [0.29, 0.717) is 0 Å². The van der Waals surface area contributed by atoms with E-state index in [1.54, 1.807) is 11.8 Å². The predicted molar refractivity (Wildman–Crippen MR) is 105 cm³/mol.